The molecule has 0 spiro atoms. The van der Waals surface area contributed by atoms with Crippen molar-refractivity contribution in [1.82, 2.24) is 10.0 Å². The van der Waals surface area contributed by atoms with Crippen molar-refractivity contribution in [3.63, 3.8) is 0 Å². The first-order valence-electron chi connectivity index (χ1n) is 8.36. The highest BCUT2D eigenvalue weighted by Crippen LogP contribution is 2.19. The van der Waals surface area contributed by atoms with E-state index in [2.05, 4.69) is 10.0 Å². The molecule has 6 nitrogen and oxygen atoms in total. The zero-order chi connectivity index (χ0) is 17.9. The van der Waals surface area contributed by atoms with Crippen LogP contribution in [0.4, 0.5) is 0 Å². The van der Waals surface area contributed by atoms with Gasteiger partial charge in [-0.15, -0.1) is 0 Å². The molecule has 1 fully saturated rings. The minimum Gasteiger partial charge on any atom is -0.376 e. The number of sulfonamides is 1. The number of fused-ring (bicyclic) bond motifs is 1. The molecule has 1 amide bonds. The number of rotatable bonds is 6. The van der Waals surface area contributed by atoms with Gasteiger partial charge in [-0.25, -0.2) is 8.42 Å². The van der Waals surface area contributed by atoms with E-state index in [0.29, 0.717) is 13.2 Å². The van der Waals surface area contributed by atoms with Gasteiger partial charge in [0.25, 0.3) is 0 Å². The molecule has 1 saturated heterocycles. The van der Waals surface area contributed by atoms with Gasteiger partial charge in [-0.3, -0.25) is 4.79 Å². The summed E-state index contributed by atoms with van der Waals surface area (Å²) < 4.78 is 32.9. The van der Waals surface area contributed by atoms with E-state index in [1.54, 1.807) is 18.2 Å². The van der Waals surface area contributed by atoms with E-state index < -0.39 is 16.1 Å². The summed E-state index contributed by atoms with van der Waals surface area (Å²) in [5.41, 5.74) is 0. The van der Waals surface area contributed by atoms with E-state index in [1.165, 1.54) is 6.92 Å². The second kappa shape index (κ2) is 7.51. The summed E-state index contributed by atoms with van der Waals surface area (Å²) in [5, 5.41) is 4.53. The Morgan fingerprint density at radius 3 is 2.72 bits per heavy atom. The predicted molar refractivity (Wildman–Crippen MR) is 95.7 cm³/mol. The van der Waals surface area contributed by atoms with Gasteiger partial charge in [-0.1, -0.05) is 30.3 Å². The van der Waals surface area contributed by atoms with Crippen molar-refractivity contribution in [2.45, 2.75) is 36.8 Å². The molecule has 0 aromatic heterocycles. The minimum absolute atomic E-state index is 0.0215. The van der Waals surface area contributed by atoms with Crippen LogP contribution in [0.5, 0.6) is 0 Å². The third-order valence-electron chi connectivity index (χ3n) is 4.28. The number of benzene rings is 2. The van der Waals surface area contributed by atoms with Crippen LogP contribution in [0.25, 0.3) is 10.8 Å². The predicted octanol–water partition coefficient (Wildman–Crippen LogP) is 1.80. The molecule has 7 heteroatoms. The van der Waals surface area contributed by atoms with Crippen LogP contribution >= 0.6 is 0 Å². The number of hydrogen-bond donors (Lipinski definition) is 2. The van der Waals surface area contributed by atoms with Crippen LogP contribution < -0.4 is 10.0 Å². The van der Waals surface area contributed by atoms with Crippen molar-refractivity contribution in [2.24, 2.45) is 0 Å². The maximum Gasteiger partial charge on any atom is 0.241 e. The molecule has 25 heavy (non-hydrogen) atoms. The van der Waals surface area contributed by atoms with Crippen molar-refractivity contribution < 1.29 is 17.9 Å². The lowest BCUT2D eigenvalue weighted by atomic mass is 10.1. The van der Waals surface area contributed by atoms with Crippen LogP contribution in [0.3, 0.4) is 0 Å². The maximum absolute atomic E-state index is 12.5. The van der Waals surface area contributed by atoms with Gasteiger partial charge < -0.3 is 10.1 Å². The Bertz CT molecular complexity index is 860. The van der Waals surface area contributed by atoms with Gasteiger partial charge in [0.05, 0.1) is 17.0 Å². The zero-order valence-electron chi connectivity index (χ0n) is 14.1. The second-order valence-corrected chi connectivity index (χ2v) is 7.95. The Balaban J connectivity index is 1.65. The molecule has 0 bridgehead atoms. The molecule has 0 aliphatic carbocycles. The van der Waals surface area contributed by atoms with Gasteiger partial charge >= 0.3 is 0 Å². The second-order valence-electron chi connectivity index (χ2n) is 6.23. The number of ether oxygens (including phenoxy) is 1. The minimum atomic E-state index is -3.78. The molecule has 1 aliphatic heterocycles. The first-order valence-corrected chi connectivity index (χ1v) is 9.84. The number of amides is 1. The highest BCUT2D eigenvalue weighted by Gasteiger charge is 2.23. The Morgan fingerprint density at radius 1 is 1.24 bits per heavy atom. The third-order valence-corrected chi connectivity index (χ3v) is 5.82. The molecule has 1 heterocycles. The molecule has 3 rings (SSSR count). The number of nitrogens with one attached hydrogen (secondary N) is 2. The van der Waals surface area contributed by atoms with Crippen molar-refractivity contribution in [3.8, 4) is 0 Å². The van der Waals surface area contributed by atoms with Crippen LogP contribution in [0.15, 0.2) is 47.4 Å². The van der Waals surface area contributed by atoms with Crippen molar-refractivity contribution in [3.05, 3.63) is 42.5 Å². The largest absolute Gasteiger partial charge is 0.376 e. The molecule has 2 atom stereocenters. The molecule has 2 N–H and O–H groups in total. The van der Waals surface area contributed by atoms with Gasteiger partial charge in [0.1, 0.15) is 0 Å². The average molecular weight is 362 g/mol. The fourth-order valence-electron chi connectivity index (χ4n) is 2.86. The van der Waals surface area contributed by atoms with E-state index in [-0.39, 0.29) is 16.9 Å². The topological polar surface area (TPSA) is 84.5 Å². The molecular weight excluding hydrogens is 340 g/mol. The number of hydrogen-bond acceptors (Lipinski definition) is 4. The molecule has 0 unspecified atom stereocenters. The average Bonchev–Trinajstić information content (AvgIpc) is 3.12. The lowest BCUT2D eigenvalue weighted by molar-refractivity contribution is -0.122. The lowest BCUT2D eigenvalue weighted by Gasteiger charge is -2.16. The summed E-state index contributed by atoms with van der Waals surface area (Å²) in [6.45, 7) is 2.65. The number of carbonyl (C=O) groups is 1. The third kappa shape index (κ3) is 4.36. The van der Waals surface area contributed by atoms with Crippen molar-refractivity contribution in [1.29, 1.82) is 0 Å². The Morgan fingerprint density at radius 2 is 2.00 bits per heavy atom. The lowest BCUT2D eigenvalue weighted by Crippen LogP contribution is -2.46. The van der Waals surface area contributed by atoms with E-state index >= 15 is 0 Å². The summed E-state index contributed by atoms with van der Waals surface area (Å²) in [4.78, 5) is 12.3. The fourth-order valence-corrected chi connectivity index (χ4v) is 4.10. The van der Waals surface area contributed by atoms with Gasteiger partial charge in [-0.2, -0.15) is 4.72 Å². The first-order chi connectivity index (χ1) is 12.0. The van der Waals surface area contributed by atoms with E-state index in [1.807, 2.05) is 24.3 Å². The smallest absolute Gasteiger partial charge is 0.241 e. The van der Waals surface area contributed by atoms with Gasteiger partial charge in [-0.05, 0) is 42.7 Å². The first kappa shape index (κ1) is 17.8. The van der Waals surface area contributed by atoms with Crippen LogP contribution in [0.2, 0.25) is 0 Å². The molecular formula is C18H22N2O4S. The molecule has 0 radical (unpaired) electrons. The molecule has 2 aromatic rings. The number of carbonyl (C=O) groups excluding carboxylic acids is 1. The van der Waals surface area contributed by atoms with Crippen molar-refractivity contribution in [2.75, 3.05) is 13.2 Å². The highest BCUT2D eigenvalue weighted by atomic mass is 32.2. The van der Waals surface area contributed by atoms with Crippen LogP contribution in [0.1, 0.15) is 19.8 Å². The fraction of sp³-hybridized carbons (Fsp3) is 0.389. The summed E-state index contributed by atoms with van der Waals surface area (Å²) in [5.74, 6) is -0.361. The van der Waals surface area contributed by atoms with Crippen LogP contribution in [-0.2, 0) is 19.6 Å². The zero-order valence-corrected chi connectivity index (χ0v) is 14.9. The summed E-state index contributed by atoms with van der Waals surface area (Å²) in [6, 6.07) is 11.6. The van der Waals surface area contributed by atoms with Crippen LogP contribution in [-0.4, -0.2) is 39.6 Å². The summed E-state index contributed by atoms with van der Waals surface area (Å²) >= 11 is 0. The van der Waals surface area contributed by atoms with Gasteiger partial charge in [0.15, 0.2) is 0 Å². The standard InChI is InChI=1S/C18H22N2O4S/c1-13(18(21)19-12-16-7-4-10-24-16)20-25(22,23)17-9-8-14-5-2-3-6-15(14)11-17/h2-3,5-6,8-9,11,13,16,20H,4,7,10,12H2,1H3,(H,19,21)/t13-,16-/m0/s1. The van der Waals surface area contributed by atoms with E-state index in [0.717, 1.165) is 23.6 Å². The molecule has 0 saturated carbocycles. The molecule has 2 aromatic carbocycles. The Kier molecular flexibility index (Phi) is 5.36. The van der Waals surface area contributed by atoms with Gasteiger partial charge in [0.2, 0.25) is 15.9 Å². The van der Waals surface area contributed by atoms with Crippen molar-refractivity contribution >= 4 is 26.7 Å². The Hall–Kier alpha value is -1.96. The van der Waals surface area contributed by atoms with Gasteiger partial charge in [0, 0.05) is 13.2 Å². The van der Waals surface area contributed by atoms with E-state index in [9.17, 15) is 13.2 Å². The summed E-state index contributed by atoms with van der Waals surface area (Å²) in [6.07, 6.45) is 1.93. The quantitative estimate of drug-likeness (QED) is 0.821. The highest BCUT2D eigenvalue weighted by molar-refractivity contribution is 7.89. The normalized spacial score (nSPS) is 19.0. The SMILES string of the molecule is C[C@H](NS(=O)(=O)c1ccc2ccccc2c1)C(=O)NC[C@@H]1CCCO1. The van der Waals surface area contributed by atoms with Crippen LogP contribution in [0, 0.1) is 0 Å². The Labute approximate surface area is 147 Å². The monoisotopic (exact) mass is 362 g/mol. The molecule has 1 aliphatic rings. The maximum atomic E-state index is 12.5. The van der Waals surface area contributed by atoms with E-state index in [4.69, 9.17) is 4.74 Å². The molecule has 134 valence electrons. The summed E-state index contributed by atoms with van der Waals surface area (Å²) in [7, 11) is -3.78.